The second kappa shape index (κ2) is 3.55. The van der Waals surface area contributed by atoms with E-state index >= 15 is 0 Å². The molecule has 1 unspecified atom stereocenters. The summed E-state index contributed by atoms with van der Waals surface area (Å²) in [5.74, 6) is 0. The molecule has 0 amide bonds. The Morgan fingerprint density at radius 3 is 2.46 bits per heavy atom. The van der Waals surface area contributed by atoms with Crippen molar-refractivity contribution in [3.05, 3.63) is 30.1 Å². The molecule has 0 fully saturated rings. The molecule has 0 aliphatic heterocycles. The van der Waals surface area contributed by atoms with Gasteiger partial charge < -0.3 is 5.11 Å². The summed E-state index contributed by atoms with van der Waals surface area (Å²) in [6, 6.07) is 5.45. The summed E-state index contributed by atoms with van der Waals surface area (Å²) in [6.07, 6.45) is 2.32. The van der Waals surface area contributed by atoms with Crippen LogP contribution in [0.4, 0.5) is 0 Å². The van der Waals surface area contributed by atoms with Crippen LogP contribution in [0, 0.1) is 11.3 Å². The fourth-order valence-electron chi connectivity index (χ4n) is 1.10. The maximum Gasteiger partial charge on any atom is 0.149 e. The largest absolute Gasteiger partial charge is 0.377 e. The van der Waals surface area contributed by atoms with Crippen molar-refractivity contribution in [2.45, 2.75) is 25.4 Å². The average Bonchev–Trinajstić information content (AvgIpc) is 2.18. The van der Waals surface area contributed by atoms with Crippen LogP contribution in [-0.2, 0) is 5.41 Å². The van der Waals surface area contributed by atoms with Crippen molar-refractivity contribution >= 4 is 0 Å². The third-order valence-corrected chi connectivity index (χ3v) is 2.23. The molecule has 1 N–H and O–H groups in total. The normalized spacial score (nSPS) is 13.4. The van der Waals surface area contributed by atoms with Gasteiger partial charge >= 0.3 is 0 Å². The Bertz CT molecular complexity index is 313. The minimum absolute atomic E-state index is 0.544. The van der Waals surface area contributed by atoms with Crippen molar-refractivity contribution in [1.82, 2.24) is 4.98 Å². The van der Waals surface area contributed by atoms with Gasteiger partial charge in [-0.2, -0.15) is 5.26 Å². The summed E-state index contributed by atoms with van der Waals surface area (Å²) < 4.78 is 0. The number of pyridine rings is 1. The van der Waals surface area contributed by atoms with Crippen LogP contribution >= 0.6 is 0 Å². The third kappa shape index (κ3) is 1.85. The number of rotatable bonds is 2. The van der Waals surface area contributed by atoms with Crippen molar-refractivity contribution in [2.75, 3.05) is 0 Å². The predicted octanol–water partition coefficient (Wildman–Crippen LogP) is 1.24. The van der Waals surface area contributed by atoms with E-state index in [-0.39, 0.29) is 0 Å². The number of aliphatic hydroxyl groups excluding tert-OH is 1. The Kier molecular flexibility index (Phi) is 2.64. The minimum Gasteiger partial charge on any atom is -0.377 e. The fourth-order valence-corrected chi connectivity index (χ4v) is 1.10. The molecule has 13 heavy (non-hydrogen) atoms. The molecule has 1 atom stereocenters. The van der Waals surface area contributed by atoms with Gasteiger partial charge in [-0.3, -0.25) is 4.98 Å². The molecule has 0 bridgehead atoms. The zero-order valence-corrected chi connectivity index (χ0v) is 7.73. The van der Waals surface area contributed by atoms with Gasteiger partial charge in [0.1, 0.15) is 6.10 Å². The first-order valence-electron chi connectivity index (χ1n) is 4.07. The van der Waals surface area contributed by atoms with Crippen molar-refractivity contribution in [3.63, 3.8) is 0 Å². The van der Waals surface area contributed by atoms with Crippen molar-refractivity contribution in [2.24, 2.45) is 0 Å². The Morgan fingerprint density at radius 1 is 1.46 bits per heavy atom. The third-order valence-electron chi connectivity index (χ3n) is 2.23. The molecule has 0 aliphatic carbocycles. The van der Waals surface area contributed by atoms with Crippen molar-refractivity contribution < 1.29 is 5.11 Å². The molecule has 0 aromatic carbocycles. The van der Waals surface area contributed by atoms with E-state index in [0.717, 1.165) is 5.56 Å². The highest BCUT2D eigenvalue weighted by Gasteiger charge is 2.29. The van der Waals surface area contributed by atoms with E-state index in [1.807, 2.05) is 19.9 Å². The van der Waals surface area contributed by atoms with Gasteiger partial charge in [0.25, 0.3) is 0 Å². The van der Waals surface area contributed by atoms with Gasteiger partial charge in [-0.15, -0.1) is 0 Å². The lowest BCUT2D eigenvalue weighted by molar-refractivity contribution is 0.151. The lowest BCUT2D eigenvalue weighted by Crippen LogP contribution is -2.32. The maximum atomic E-state index is 9.46. The lowest BCUT2D eigenvalue weighted by Gasteiger charge is -2.26. The number of nitriles is 1. The topological polar surface area (TPSA) is 56.9 Å². The molecular formula is C10H12N2O. The summed E-state index contributed by atoms with van der Waals surface area (Å²) in [6.45, 7) is 3.66. The summed E-state index contributed by atoms with van der Waals surface area (Å²) in [4.78, 5) is 3.88. The molecule has 1 aromatic rings. The Labute approximate surface area is 77.7 Å². The molecule has 1 aromatic heterocycles. The van der Waals surface area contributed by atoms with E-state index in [4.69, 9.17) is 5.26 Å². The number of hydrogen-bond acceptors (Lipinski definition) is 3. The van der Waals surface area contributed by atoms with E-state index < -0.39 is 11.5 Å². The molecule has 3 nitrogen and oxygen atoms in total. The van der Waals surface area contributed by atoms with Crippen LogP contribution in [0.1, 0.15) is 19.4 Å². The molecule has 1 rings (SSSR count). The summed E-state index contributed by atoms with van der Waals surface area (Å²) >= 11 is 0. The van der Waals surface area contributed by atoms with E-state index in [9.17, 15) is 5.11 Å². The van der Waals surface area contributed by atoms with Gasteiger partial charge in [-0.05, 0) is 17.7 Å². The van der Waals surface area contributed by atoms with Gasteiger partial charge in [0, 0.05) is 17.8 Å². The standard InChI is InChI=1S/C10H12N2O/c1-10(2,9(13)7-11)8-3-5-12-6-4-8/h3-6,9,13H,1-2H3. The Morgan fingerprint density at radius 2 is 2.00 bits per heavy atom. The second-order valence-corrected chi connectivity index (χ2v) is 3.49. The fraction of sp³-hybridized carbons (Fsp3) is 0.400. The van der Waals surface area contributed by atoms with Crippen LogP contribution in [0.15, 0.2) is 24.5 Å². The summed E-state index contributed by atoms with van der Waals surface area (Å²) in [5.41, 5.74) is 0.370. The molecular weight excluding hydrogens is 164 g/mol. The highest BCUT2D eigenvalue weighted by molar-refractivity contribution is 5.24. The molecule has 0 radical (unpaired) electrons. The number of hydrogen-bond donors (Lipinski definition) is 1. The van der Waals surface area contributed by atoms with E-state index in [0.29, 0.717) is 0 Å². The first-order chi connectivity index (χ1) is 6.09. The molecule has 0 saturated heterocycles. The highest BCUT2D eigenvalue weighted by Crippen LogP contribution is 2.25. The number of aromatic nitrogens is 1. The zero-order chi connectivity index (χ0) is 9.90. The van der Waals surface area contributed by atoms with E-state index in [1.165, 1.54) is 0 Å². The second-order valence-electron chi connectivity index (χ2n) is 3.49. The quantitative estimate of drug-likeness (QED) is 0.690. The first-order valence-corrected chi connectivity index (χ1v) is 4.07. The zero-order valence-electron chi connectivity index (χ0n) is 7.73. The van der Waals surface area contributed by atoms with Crippen LogP contribution in [0.5, 0.6) is 0 Å². The molecule has 3 heteroatoms. The van der Waals surface area contributed by atoms with Gasteiger partial charge in [0.15, 0.2) is 0 Å². The summed E-state index contributed by atoms with van der Waals surface area (Å²) in [7, 11) is 0. The van der Waals surface area contributed by atoms with Gasteiger partial charge in [0.2, 0.25) is 0 Å². The maximum absolute atomic E-state index is 9.46. The van der Waals surface area contributed by atoms with Gasteiger partial charge in [0.05, 0.1) is 6.07 Å². The van der Waals surface area contributed by atoms with Gasteiger partial charge in [-0.25, -0.2) is 0 Å². The Hall–Kier alpha value is -1.40. The van der Waals surface area contributed by atoms with Crippen LogP contribution in [0.3, 0.4) is 0 Å². The van der Waals surface area contributed by atoms with Crippen LogP contribution in [0.2, 0.25) is 0 Å². The first kappa shape index (κ1) is 9.69. The molecule has 1 heterocycles. The van der Waals surface area contributed by atoms with Crippen molar-refractivity contribution in [3.8, 4) is 6.07 Å². The predicted molar refractivity (Wildman–Crippen MR) is 48.9 cm³/mol. The van der Waals surface area contributed by atoms with Crippen LogP contribution in [0.25, 0.3) is 0 Å². The van der Waals surface area contributed by atoms with Crippen LogP contribution < -0.4 is 0 Å². The SMILES string of the molecule is CC(C)(c1ccncc1)C(O)C#N. The van der Waals surface area contributed by atoms with E-state index in [1.54, 1.807) is 24.5 Å². The van der Waals surface area contributed by atoms with E-state index in [2.05, 4.69) is 4.98 Å². The van der Waals surface area contributed by atoms with Gasteiger partial charge in [-0.1, -0.05) is 13.8 Å². The highest BCUT2D eigenvalue weighted by atomic mass is 16.3. The number of nitrogens with zero attached hydrogens (tertiary/aromatic N) is 2. The lowest BCUT2D eigenvalue weighted by atomic mass is 9.80. The molecule has 68 valence electrons. The summed E-state index contributed by atoms with van der Waals surface area (Å²) in [5, 5.41) is 18.1. The average molecular weight is 176 g/mol. The molecule has 0 spiro atoms. The number of aliphatic hydroxyl groups is 1. The molecule has 0 aliphatic rings. The molecule has 0 saturated carbocycles. The monoisotopic (exact) mass is 176 g/mol. The Balaban J connectivity index is 3.02. The smallest absolute Gasteiger partial charge is 0.149 e. The van der Waals surface area contributed by atoms with Crippen molar-refractivity contribution in [1.29, 1.82) is 5.26 Å². The minimum atomic E-state index is -0.991. The van der Waals surface area contributed by atoms with Crippen LogP contribution in [-0.4, -0.2) is 16.2 Å².